The second-order valence-electron chi connectivity index (χ2n) is 8.79. The highest BCUT2D eigenvalue weighted by Gasteiger charge is 2.34. The van der Waals surface area contributed by atoms with Gasteiger partial charge in [0.2, 0.25) is 0 Å². The Balaban J connectivity index is 1.34. The van der Waals surface area contributed by atoms with E-state index in [0.29, 0.717) is 30.7 Å². The molecule has 3 atom stereocenters. The zero-order valence-electron chi connectivity index (χ0n) is 19.6. The number of benzene rings is 1. The van der Waals surface area contributed by atoms with Crippen LogP contribution in [0.25, 0.3) is 10.9 Å². The highest BCUT2D eigenvalue weighted by Crippen LogP contribution is 2.35. The van der Waals surface area contributed by atoms with Crippen molar-refractivity contribution in [3.63, 3.8) is 0 Å². The summed E-state index contributed by atoms with van der Waals surface area (Å²) in [5.74, 6) is 0.215. The van der Waals surface area contributed by atoms with Crippen molar-refractivity contribution in [2.45, 2.75) is 30.6 Å². The van der Waals surface area contributed by atoms with Crippen molar-refractivity contribution in [1.29, 1.82) is 0 Å². The summed E-state index contributed by atoms with van der Waals surface area (Å²) >= 11 is 1.67. The fourth-order valence-electron chi connectivity index (χ4n) is 4.72. The van der Waals surface area contributed by atoms with Crippen LogP contribution in [-0.2, 0) is 11.8 Å². The van der Waals surface area contributed by atoms with Gasteiger partial charge in [0.15, 0.2) is 5.16 Å². The van der Waals surface area contributed by atoms with E-state index >= 15 is 4.39 Å². The van der Waals surface area contributed by atoms with E-state index in [-0.39, 0.29) is 5.92 Å². The molecule has 4 rings (SSSR count). The number of carbonyl (C=O) groups is 1. The fraction of sp³-hybridized carbons (Fsp3) is 0.480. The van der Waals surface area contributed by atoms with E-state index in [4.69, 9.17) is 4.74 Å². The molecule has 1 saturated heterocycles. The number of hydrogen-bond acceptors (Lipinski definition) is 6. The van der Waals surface area contributed by atoms with Crippen LogP contribution in [0.1, 0.15) is 31.0 Å². The summed E-state index contributed by atoms with van der Waals surface area (Å²) in [6, 6.07) is 7.16. The monoisotopic (exact) mass is 486 g/mol. The molecule has 0 bridgehead atoms. The first-order chi connectivity index (χ1) is 16.5. The minimum absolute atomic E-state index is 0.0307. The summed E-state index contributed by atoms with van der Waals surface area (Å²) in [7, 11) is 3.55. The molecule has 3 heterocycles. The SMILES string of the molecule is COc1ccc2nccc([C@@H](F)CC[C@@H]3CCN(CCSc4nccn4C)C[C@@H]3C(=O)O)c2c1. The Morgan fingerprint density at radius 2 is 2.18 bits per heavy atom. The number of alkyl halides is 1. The summed E-state index contributed by atoms with van der Waals surface area (Å²) in [6.45, 7) is 2.15. The Hall–Kier alpha value is -2.65. The number of piperidine rings is 1. The van der Waals surface area contributed by atoms with Crippen LogP contribution in [-0.4, -0.2) is 63.0 Å². The molecule has 1 aliphatic rings. The van der Waals surface area contributed by atoms with Gasteiger partial charge in [-0.3, -0.25) is 9.78 Å². The Morgan fingerprint density at radius 1 is 1.32 bits per heavy atom. The van der Waals surface area contributed by atoms with Crippen LogP contribution in [0.5, 0.6) is 5.75 Å². The zero-order valence-corrected chi connectivity index (χ0v) is 20.4. The van der Waals surface area contributed by atoms with E-state index in [1.165, 1.54) is 0 Å². The Morgan fingerprint density at radius 3 is 2.91 bits per heavy atom. The number of hydrogen-bond donors (Lipinski definition) is 1. The number of thioether (sulfide) groups is 1. The summed E-state index contributed by atoms with van der Waals surface area (Å²) in [5, 5.41) is 11.6. The topological polar surface area (TPSA) is 80.5 Å². The van der Waals surface area contributed by atoms with Crippen molar-refractivity contribution in [1.82, 2.24) is 19.4 Å². The number of aliphatic carboxylic acids is 1. The Labute approximate surface area is 203 Å². The van der Waals surface area contributed by atoms with Crippen molar-refractivity contribution >= 4 is 28.6 Å². The molecule has 1 aliphatic heterocycles. The van der Waals surface area contributed by atoms with Crippen LogP contribution in [0.4, 0.5) is 4.39 Å². The molecule has 0 aliphatic carbocycles. The van der Waals surface area contributed by atoms with Crippen molar-refractivity contribution in [2.24, 2.45) is 18.9 Å². The van der Waals surface area contributed by atoms with Crippen molar-refractivity contribution in [3.8, 4) is 5.75 Å². The molecule has 182 valence electrons. The average Bonchev–Trinajstić information content (AvgIpc) is 3.26. The molecular formula is C25H31FN4O3S. The molecule has 0 radical (unpaired) electrons. The summed E-state index contributed by atoms with van der Waals surface area (Å²) in [5.41, 5.74) is 1.31. The van der Waals surface area contributed by atoms with Crippen LogP contribution in [0, 0.1) is 11.8 Å². The number of halogens is 1. The summed E-state index contributed by atoms with van der Waals surface area (Å²) in [6.07, 6.45) is 5.73. The van der Waals surface area contributed by atoms with Gasteiger partial charge in [-0.2, -0.15) is 0 Å². The van der Waals surface area contributed by atoms with E-state index in [9.17, 15) is 9.90 Å². The van der Waals surface area contributed by atoms with Gasteiger partial charge in [0, 0.05) is 49.9 Å². The van der Waals surface area contributed by atoms with Crippen LogP contribution in [0.3, 0.4) is 0 Å². The molecule has 34 heavy (non-hydrogen) atoms. The van der Waals surface area contributed by atoms with E-state index in [2.05, 4.69) is 14.9 Å². The molecule has 0 saturated carbocycles. The Bertz CT molecular complexity index is 1120. The van der Waals surface area contributed by atoms with Gasteiger partial charge in [-0.15, -0.1) is 0 Å². The molecule has 0 spiro atoms. The lowest BCUT2D eigenvalue weighted by Crippen LogP contribution is -2.44. The maximum atomic E-state index is 15.4. The maximum Gasteiger partial charge on any atom is 0.308 e. The van der Waals surface area contributed by atoms with Gasteiger partial charge in [-0.25, -0.2) is 9.37 Å². The number of methoxy groups -OCH3 is 1. The minimum Gasteiger partial charge on any atom is -0.497 e. The molecule has 3 aromatic rings. The van der Waals surface area contributed by atoms with Crippen LogP contribution in [0.15, 0.2) is 48.0 Å². The van der Waals surface area contributed by atoms with Gasteiger partial charge in [-0.05, 0) is 61.6 Å². The molecule has 1 aromatic carbocycles. The molecule has 9 heteroatoms. The number of carboxylic acids is 1. The van der Waals surface area contributed by atoms with Gasteiger partial charge in [0.25, 0.3) is 0 Å². The number of nitrogens with zero attached hydrogens (tertiary/aromatic N) is 4. The largest absolute Gasteiger partial charge is 0.497 e. The highest BCUT2D eigenvalue weighted by atomic mass is 32.2. The van der Waals surface area contributed by atoms with Gasteiger partial charge in [0.1, 0.15) is 11.9 Å². The summed E-state index contributed by atoms with van der Waals surface area (Å²) < 4.78 is 22.6. The maximum absolute atomic E-state index is 15.4. The third kappa shape index (κ3) is 5.70. The smallest absolute Gasteiger partial charge is 0.308 e. The first kappa shape index (κ1) is 24.5. The molecule has 0 unspecified atom stereocenters. The lowest BCUT2D eigenvalue weighted by atomic mass is 9.81. The molecule has 0 amide bonds. The first-order valence-electron chi connectivity index (χ1n) is 11.6. The van der Waals surface area contributed by atoms with Gasteiger partial charge in [-0.1, -0.05) is 11.8 Å². The van der Waals surface area contributed by atoms with E-state index < -0.39 is 18.1 Å². The third-order valence-corrected chi connectivity index (χ3v) is 7.72. The number of aromatic nitrogens is 3. The van der Waals surface area contributed by atoms with Gasteiger partial charge in [0.05, 0.1) is 18.5 Å². The lowest BCUT2D eigenvalue weighted by Gasteiger charge is -2.36. The van der Waals surface area contributed by atoms with E-state index in [1.807, 2.05) is 36.0 Å². The average molecular weight is 487 g/mol. The first-order valence-corrected chi connectivity index (χ1v) is 12.6. The number of imidazole rings is 1. The predicted octanol–water partition coefficient (Wildman–Crippen LogP) is 4.58. The number of fused-ring (bicyclic) bond motifs is 1. The number of rotatable bonds is 10. The number of ether oxygens (including phenoxy) is 1. The highest BCUT2D eigenvalue weighted by molar-refractivity contribution is 7.99. The lowest BCUT2D eigenvalue weighted by molar-refractivity contribution is -0.146. The molecular weight excluding hydrogens is 455 g/mol. The standard InChI is InChI=1S/C25H31FN4O3S/c1-29-12-10-28-25(29)34-14-13-30-11-8-17(21(16-30)24(31)32)3-5-22(26)19-7-9-27-23-6-4-18(33-2)15-20(19)23/h4,6-7,9-10,12,15,17,21-22H,3,5,8,11,13-14,16H2,1-2H3,(H,31,32)/t17-,21+,22+/m1/s1. The molecule has 1 N–H and O–H groups in total. The number of likely N-dealkylation sites (tertiary alicyclic amines) is 1. The zero-order chi connectivity index (χ0) is 24.1. The van der Waals surface area contributed by atoms with Crippen molar-refractivity contribution < 1.29 is 19.0 Å². The second-order valence-corrected chi connectivity index (χ2v) is 9.85. The Kier molecular flexibility index (Phi) is 8.05. The van der Waals surface area contributed by atoms with E-state index in [0.717, 1.165) is 41.3 Å². The van der Waals surface area contributed by atoms with Gasteiger partial charge >= 0.3 is 5.97 Å². The normalized spacial score (nSPS) is 19.9. The summed E-state index contributed by atoms with van der Waals surface area (Å²) in [4.78, 5) is 22.9. The third-order valence-electron chi connectivity index (χ3n) is 6.68. The van der Waals surface area contributed by atoms with Crippen LogP contribution < -0.4 is 4.74 Å². The fourth-order valence-corrected chi connectivity index (χ4v) is 5.65. The predicted molar refractivity (Wildman–Crippen MR) is 131 cm³/mol. The van der Waals surface area contributed by atoms with E-state index in [1.54, 1.807) is 37.3 Å². The molecule has 1 fully saturated rings. The van der Waals surface area contributed by atoms with Crippen LogP contribution in [0.2, 0.25) is 0 Å². The van der Waals surface area contributed by atoms with Crippen molar-refractivity contribution in [3.05, 3.63) is 48.4 Å². The van der Waals surface area contributed by atoms with Crippen molar-refractivity contribution in [2.75, 3.05) is 32.5 Å². The molecule has 2 aromatic heterocycles. The number of carboxylic acid groups (broad SMARTS) is 1. The quantitative estimate of drug-likeness (QED) is 0.420. The molecule has 7 nitrogen and oxygen atoms in total. The number of aryl methyl sites for hydroxylation is 1. The number of pyridine rings is 1. The van der Waals surface area contributed by atoms with Crippen LogP contribution >= 0.6 is 11.8 Å². The second kappa shape index (κ2) is 11.2. The minimum atomic E-state index is -1.18. The van der Waals surface area contributed by atoms with Gasteiger partial charge < -0.3 is 19.3 Å².